The van der Waals surface area contributed by atoms with Gasteiger partial charge in [0.05, 0.1) is 5.41 Å². The Hall–Kier alpha value is -3.72. The van der Waals surface area contributed by atoms with Gasteiger partial charge in [-0.1, -0.05) is 97.1 Å². The van der Waals surface area contributed by atoms with E-state index in [4.69, 9.17) is 0 Å². The van der Waals surface area contributed by atoms with E-state index >= 15 is 0 Å². The molecule has 0 saturated heterocycles. The molecular weight excluding hydrogens is 454 g/mol. The quantitative estimate of drug-likeness (QED) is 0.240. The molecule has 0 bridgehead atoms. The Kier molecular flexibility index (Phi) is 4.07. The minimum Gasteiger partial charge on any atom is -0.305 e. The van der Waals surface area contributed by atoms with Crippen molar-refractivity contribution in [3.63, 3.8) is 0 Å². The summed E-state index contributed by atoms with van der Waals surface area (Å²) in [7, 11) is 4.35. The Morgan fingerprint density at radius 3 is 1.97 bits per heavy atom. The molecule has 2 heteroatoms. The summed E-state index contributed by atoms with van der Waals surface area (Å²) in [5, 5.41) is 2.73. The second-order valence-corrected chi connectivity index (χ2v) is 11.4. The maximum atomic E-state index is 2.39. The Morgan fingerprint density at radius 1 is 0.583 bits per heavy atom. The number of thiophene rings is 1. The van der Waals surface area contributed by atoms with E-state index in [9.17, 15) is 0 Å². The molecule has 5 aromatic carbocycles. The minimum absolute atomic E-state index is 0.315. The number of hydrogen-bond donors (Lipinski definition) is 0. The molecule has 8 rings (SSSR count). The lowest BCUT2D eigenvalue weighted by Gasteiger charge is -2.33. The topological polar surface area (TPSA) is 3.24 Å². The summed E-state index contributed by atoms with van der Waals surface area (Å²) in [5.74, 6) is 0. The number of rotatable bonds is 2. The van der Waals surface area contributed by atoms with Crippen molar-refractivity contribution >= 4 is 31.5 Å². The van der Waals surface area contributed by atoms with Crippen molar-refractivity contribution in [1.82, 2.24) is 4.90 Å². The lowest BCUT2D eigenvalue weighted by molar-refractivity contribution is 0.400. The zero-order valence-corrected chi connectivity index (χ0v) is 21.2. The Labute approximate surface area is 215 Å². The number of benzene rings is 5. The van der Waals surface area contributed by atoms with Crippen molar-refractivity contribution in [3.8, 4) is 22.3 Å². The maximum Gasteiger partial charge on any atom is 0.0742 e. The fraction of sp³-hybridized carbons (Fsp3) is 0.118. The average molecular weight is 480 g/mol. The highest BCUT2D eigenvalue weighted by molar-refractivity contribution is 7.26. The number of hydrogen-bond acceptors (Lipinski definition) is 2. The highest BCUT2D eigenvalue weighted by atomic mass is 32.1. The summed E-state index contributed by atoms with van der Waals surface area (Å²) in [5.41, 5.74) is 12.4. The van der Waals surface area contributed by atoms with Crippen molar-refractivity contribution < 1.29 is 0 Å². The molecule has 0 fully saturated rings. The van der Waals surface area contributed by atoms with Gasteiger partial charge < -0.3 is 4.90 Å². The molecule has 1 aromatic heterocycles. The Morgan fingerprint density at radius 2 is 1.22 bits per heavy atom. The summed E-state index contributed by atoms with van der Waals surface area (Å²) < 4.78 is 2.78. The molecule has 1 spiro atoms. The fourth-order valence-corrected chi connectivity index (χ4v) is 8.33. The first-order valence-corrected chi connectivity index (χ1v) is 13.4. The standard InChI is InChI=1S/C34H25NS/c1-35(2)20-21-10-9-14-25-22-11-3-6-15-28(22)34(31(21)25)29-16-7-4-12-23(29)26-18-19-27-24-13-5-8-17-30(24)36-33(27)32(26)34/h3-19H,20H2,1-2H3. The predicted octanol–water partition coefficient (Wildman–Crippen LogP) is 8.46. The van der Waals surface area contributed by atoms with E-state index < -0.39 is 0 Å². The summed E-state index contributed by atoms with van der Waals surface area (Å²) >= 11 is 1.96. The van der Waals surface area contributed by atoms with Crippen LogP contribution in [0.3, 0.4) is 0 Å². The van der Waals surface area contributed by atoms with Crippen molar-refractivity contribution in [2.45, 2.75) is 12.0 Å². The molecule has 0 saturated carbocycles. The zero-order valence-electron chi connectivity index (χ0n) is 20.4. The van der Waals surface area contributed by atoms with Crippen LogP contribution in [-0.2, 0) is 12.0 Å². The largest absolute Gasteiger partial charge is 0.305 e. The molecule has 0 radical (unpaired) electrons. The fourth-order valence-electron chi connectivity index (χ4n) is 7.02. The normalized spacial score (nSPS) is 17.1. The average Bonchev–Trinajstić information content (AvgIpc) is 3.52. The minimum atomic E-state index is -0.315. The van der Waals surface area contributed by atoms with Crippen molar-refractivity contribution in [1.29, 1.82) is 0 Å². The highest BCUT2D eigenvalue weighted by Crippen LogP contribution is 2.65. The van der Waals surface area contributed by atoms with Gasteiger partial charge in [-0.3, -0.25) is 0 Å². The van der Waals surface area contributed by atoms with E-state index in [1.165, 1.54) is 70.2 Å². The molecule has 1 atom stereocenters. The smallest absolute Gasteiger partial charge is 0.0742 e. The van der Waals surface area contributed by atoms with Gasteiger partial charge >= 0.3 is 0 Å². The summed E-state index contributed by atoms with van der Waals surface area (Å²) in [4.78, 5) is 2.30. The first kappa shape index (κ1) is 20.5. The Balaban J connectivity index is 1.63. The van der Waals surface area contributed by atoms with Gasteiger partial charge in [0.1, 0.15) is 0 Å². The molecule has 2 aliphatic carbocycles. The second kappa shape index (κ2) is 7.16. The van der Waals surface area contributed by atoms with Crippen LogP contribution in [0.2, 0.25) is 0 Å². The molecule has 6 aromatic rings. The van der Waals surface area contributed by atoms with E-state index in [-0.39, 0.29) is 5.41 Å². The van der Waals surface area contributed by atoms with Gasteiger partial charge in [-0.25, -0.2) is 0 Å². The van der Waals surface area contributed by atoms with Crippen molar-refractivity contribution in [2.75, 3.05) is 14.1 Å². The van der Waals surface area contributed by atoms with Gasteiger partial charge in [-0.2, -0.15) is 0 Å². The zero-order chi connectivity index (χ0) is 24.0. The molecule has 1 heterocycles. The maximum absolute atomic E-state index is 2.39. The van der Waals surface area contributed by atoms with E-state index in [2.05, 4.69) is 122 Å². The molecule has 172 valence electrons. The van der Waals surface area contributed by atoms with Crippen LogP contribution in [0.1, 0.15) is 27.8 Å². The van der Waals surface area contributed by atoms with Crippen LogP contribution in [0.5, 0.6) is 0 Å². The molecule has 1 nitrogen and oxygen atoms in total. The first-order valence-electron chi connectivity index (χ1n) is 12.6. The molecule has 0 aliphatic heterocycles. The SMILES string of the molecule is CN(C)Cc1cccc2c1C1(c3ccccc3-2)c2ccccc2-c2ccc3c(sc4ccccc43)c21. The molecular formula is C34H25NS. The number of fused-ring (bicyclic) bond motifs is 14. The van der Waals surface area contributed by atoms with Gasteiger partial charge in [-0.05, 0) is 70.2 Å². The van der Waals surface area contributed by atoms with Gasteiger partial charge in [0.25, 0.3) is 0 Å². The van der Waals surface area contributed by atoms with Gasteiger partial charge in [0.2, 0.25) is 0 Å². The summed E-state index contributed by atoms with van der Waals surface area (Å²) in [6.45, 7) is 0.915. The summed E-state index contributed by atoms with van der Waals surface area (Å²) in [6, 6.07) is 38.8. The molecule has 2 aliphatic rings. The van der Waals surface area contributed by atoms with Crippen LogP contribution in [-0.4, -0.2) is 19.0 Å². The third-order valence-electron chi connectivity index (χ3n) is 8.18. The van der Waals surface area contributed by atoms with E-state index in [0.29, 0.717) is 0 Å². The number of nitrogens with zero attached hydrogens (tertiary/aromatic N) is 1. The van der Waals surface area contributed by atoms with E-state index in [1.807, 2.05) is 11.3 Å². The third-order valence-corrected chi connectivity index (χ3v) is 9.38. The van der Waals surface area contributed by atoms with Gasteiger partial charge in [-0.15, -0.1) is 11.3 Å². The van der Waals surface area contributed by atoms with Crippen LogP contribution in [0.4, 0.5) is 0 Å². The highest BCUT2D eigenvalue weighted by Gasteiger charge is 2.53. The van der Waals surface area contributed by atoms with E-state index in [1.54, 1.807) is 0 Å². The van der Waals surface area contributed by atoms with Gasteiger partial charge in [0.15, 0.2) is 0 Å². The molecule has 36 heavy (non-hydrogen) atoms. The van der Waals surface area contributed by atoms with Crippen molar-refractivity contribution in [2.24, 2.45) is 0 Å². The van der Waals surface area contributed by atoms with E-state index in [0.717, 1.165) is 6.54 Å². The first-order chi connectivity index (χ1) is 17.7. The van der Waals surface area contributed by atoms with Gasteiger partial charge in [0, 0.05) is 26.7 Å². The second-order valence-electron chi connectivity index (χ2n) is 10.4. The Bertz CT molecular complexity index is 1840. The lowest BCUT2D eigenvalue weighted by atomic mass is 9.69. The molecule has 0 amide bonds. The third kappa shape index (κ3) is 2.39. The predicted molar refractivity (Wildman–Crippen MR) is 153 cm³/mol. The molecule has 1 unspecified atom stereocenters. The van der Waals surface area contributed by atoms with Crippen molar-refractivity contribution in [3.05, 3.63) is 131 Å². The lowest BCUT2D eigenvalue weighted by Crippen LogP contribution is -2.28. The van der Waals surface area contributed by atoms with Crippen LogP contribution in [0, 0.1) is 0 Å². The van der Waals surface area contributed by atoms with Crippen LogP contribution >= 0.6 is 11.3 Å². The van der Waals surface area contributed by atoms with Crippen LogP contribution < -0.4 is 0 Å². The van der Waals surface area contributed by atoms with Crippen LogP contribution in [0.15, 0.2) is 103 Å². The van der Waals surface area contributed by atoms with Crippen LogP contribution in [0.25, 0.3) is 42.4 Å². The summed E-state index contributed by atoms with van der Waals surface area (Å²) in [6.07, 6.45) is 0. The monoisotopic (exact) mass is 479 g/mol. The molecule has 0 N–H and O–H groups in total.